The van der Waals surface area contributed by atoms with Crippen molar-refractivity contribution in [3.63, 3.8) is 0 Å². The van der Waals surface area contributed by atoms with Crippen molar-refractivity contribution in [3.8, 4) is 0 Å². The topological polar surface area (TPSA) is 88.1 Å². The van der Waals surface area contributed by atoms with E-state index in [0.717, 1.165) is 6.54 Å². The van der Waals surface area contributed by atoms with Crippen molar-refractivity contribution >= 4 is 12.1 Å². The third kappa shape index (κ3) is 9.57. The highest BCUT2D eigenvalue weighted by Crippen LogP contribution is 2.10. The van der Waals surface area contributed by atoms with Gasteiger partial charge >= 0.3 is 12.1 Å². The summed E-state index contributed by atoms with van der Waals surface area (Å²) in [4.78, 5) is 25.7. The number of carbonyl (C=O) groups is 2. The van der Waals surface area contributed by atoms with Crippen molar-refractivity contribution in [2.75, 3.05) is 27.2 Å². The van der Waals surface area contributed by atoms with Crippen LogP contribution in [0.4, 0.5) is 4.79 Å². The van der Waals surface area contributed by atoms with E-state index in [1.807, 2.05) is 19.0 Å². The summed E-state index contributed by atoms with van der Waals surface area (Å²) in [5.41, 5.74) is -0.681. The Bertz CT molecular complexity index is 352. The number of aliphatic hydroxyl groups is 1. The van der Waals surface area contributed by atoms with Gasteiger partial charge in [0.25, 0.3) is 0 Å². The van der Waals surface area contributed by atoms with E-state index in [1.165, 1.54) is 0 Å². The van der Waals surface area contributed by atoms with Crippen LogP contribution in [0.3, 0.4) is 0 Å². The lowest BCUT2D eigenvalue weighted by atomic mass is 10.1. The van der Waals surface area contributed by atoms with Crippen LogP contribution in [0.5, 0.6) is 0 Å². The minimum Gasteiger partial charge on any atom is -0.464 e. The number of alkyl carbamates (subject to hydrolysis) is 1. The number of esters is 1. The lowest BCUT2D eigenvalue weighted by Gasteiger charge is -2.25. The maximum Gasteiger partial charge on any atom is 0.408 e. The SMILES string of the molecule is CCOC(=O)C(NC(=O)OC(C)(C)C)C(O)CCCN(C)C. The normalized spacial score (nSPS) is 14.4. The number of hydrogen-bond donors (Lipinski definition) is 2. The molecule has 0 saturated heterocycles. The Morgan fingerprint density at radius 3 is 2.32 bits per heavy atom. The molecule has 0 aromatic heterocycles. The molecule has 0 spiro atoms. The molecular formula is C15H30N2O5. The molecule has 1 amide bonds. The van der Waals surface area contributed by atoms with Crippen LogP contribution in [-0.4, -0.2) is 67.1 Å². The van der Waals surface area contributed by atoms with Gasteiger partial charge < -0.3 is 24.8 Å². The van der Waals surface area contributed by atoms with Crippen LogP contribution in [-0.2, 0) is 14.3 Å². The summed E-state index contributed by atoms with van der Waals surface area (Å²) in [6.07, 6.45) is -0.707. The van der Waals surface area contributed by atoms with Gasteiger partial charge in [-0.25, -0.2) is 9.59 Å². The molecule has 0 fully saturated rings. The van der Waals surface area contributed by atoms with Crippen molar-refractivity contribution in [2.45, 2.75) is 58.3 Å². The Balaban J connectivity index is 4.67. The van der Waals surface area contributed by atoms with Gasteiger partial charge in [0.1, 0.15) is 5.60 Å². The molecule has 2 N–H and O–H groups in total. The number of rotatable bonds is 8. The molecule has 2 atom stereocenters. The van der Waals surface area contributed by atoms with Crippen molar-refractivity contribution in [3.05, 3.63) is 0 Å². The van der Waals surface area contributed by atoms with Gasteiger partial charge in [0, 0.05) is 0 Å². The van der Waals surface area contributed by atoms with E-state index in [9.17, 15) is 14.7 Å². The van der Waals surface area contributed by atoms with Gasteiger partial charge in [0.05, 0.1) is 12.7 Å². The van der Waals surface area contributed by atoms with Gasteiger partial charge in [0.2, 0.25) is 0 Å². The molecular weight excluding hydrogens is 288 g/mol. The molecule has 130 valence electrons. The zero-order chi connectivity index (χ0) is 17.3. The second kappa shape index (κ2) is 9.63. The third-order valence-corrected chi connectivity index (χ3v) is 2.70. The molecule has 0 rings (SSSR count). The average molecular weight is 318 g/mol. The van der Waals surface area contributed by atoms with Crippen molar-refractivity contribution < 1.29 is 24.2 Å². The monoisotopic (exact) mass is 318 g/mol. The van der Waals surface area contributed by atoms with Gasteiger partial charge in [-0.05, 0) is 61.2 Å². The summed E-state index contributed by atoms with van der Waals surface area (Å²) >= 11 is 0. The molecule has 0 radical (unpaired) electrons. The van der Waals surface area contributed by atoms with Crippen molar-refractivity contribution in [1.82, 2.24) is 10.2 Å². The lowest BCUT2D eigenvalue weighted by Crippen LogP contribution is -2.51. The molecule has 0 aromatic carbocycles. The first kappa shape index (κ1) is 20.7. The predicted molar refractivity (Wildman–Crippen MR) is 83.6 cm³/mol. The Kier molecular flexibility index (Phi) is 9.04. The first-order valence-electron chi connectivity index (χ1n) is 7.55. The summed E-state index contributed by atoms with van der Waals surface area (Å²) in [5.74, 6) is -0.661. The van der Waals surface area contributed by atoms with E-state index in [-0.39, 0.29) is 6.61 Å². The first-order chi connectivity index (χ1) is 10.1. The summed E-state index contributed by atoms with van der Waals surface area (Å²) in [6.45, 7) is 7.79. The second-order valence-corrected chi connectivity index (χ2v) is 6.39. The van der Waals surface area contributed by atoms with Crippen LogP contribution in [0.2, 0.25) is 0 Å². The number of ether oxygens (including phenoxy) is 2. The molecule has 0 saturated carbocycles. The third-order valence-electron chi connectivity index (χ3n) is 2.70. The second-order valence-electron chi connectivity index (χ2n) is 6.39. The first-order valence-corrected chi connectivity index (χ1v) is 7.55. The fourth-order valence-electron chi connectivity index (χ4n) is 1.76. The van der Waals surface area contributed by atoms with Crippen LogP contribution >= 0.6 is 0 Å². The summed E-state index contributed by atoms with van der Waals surface area (Å²) in [6, 6.07) is -1.13. The Morgan fingerprint density at radius 1 is 1.27 bits per heavy atom. The predicted octanol–water partition coefficient (Wildman–Crippen LogP) is 1.15. The van der Waals surface area contributed by atoms with Gasteiger partial charge in [-0.3, -0.25) is 0 Å². The molecule has 0 bridgehead atoms. The van der Waals surface area contributed by atoms with Gasteiger partial charge in [0.15, 0.2) is 6.04 Å². The van der Waals surface area contributed by atoms with Crippen LogP contribution in [0.25, 0.3) is 0 Å². The zero-order valence-corrected chi connectivity index (χ0v) is 14.5. The number of hydrogen-bond acceptors (Lipinski definition) is 6. The van der Waals surface area contributed by atoms with Crippen molar-refractivity contribution in [2.24, 2.45) is 0 Å². The molecule has 22 heavy (non-hydrogen) atoms. The molecule has 7 heteroatoms. The largest absolute Gasteiger partial charge is 0.464 e. The van der Waals surface area contributed by atoms with Crippen LogP contribution in [0.15, 0.2) is 0 Å². The molecule has 0 heterocycles. The molecule has 0 aliphatic rings. The van der Waals surface area contributed by atoms with E-state index in [2.05, 4.69) is 5.32 Å². The Morgan fingerprint density at radius 2 is 1.86 bits per heavy atom. The van der Waals surface area contributed by atoms with Crippen molar-refractivity contribution in [1.29, 1.82) is 0 Å². The Labute approximate surface area is 133 Å². The molecule has 0 aliphatic carbocycles. The van der Waals surface area contributed by atoms with E-state index in [1.54, 1.807) is 27.7 Å². The number of nitrogens with one attached hydrogen (secondary N) is 1. The van der Waals surface area contributed by atoms with E-state index in [0.29, 0.717) is 12.8 Å². The molecule has 2 unspecified atom stereocenters. The number of nitrogens with zero attached hydrogens (tertiary/aromatic N) is 1. The molecule has 0 aliphatic heterocycles. The van der Waals surface area contributed by atoms with Gasteiger partial charge in [-0.1, -0.05) is 0 Å². The van der Waals surface area contributed by atoms with Gasteiger partial charge in [-0.15, -0.1) is 0 Å². The fourth-order valence-corrected chi connectivity index (χ4v) is 1.76. The van der Waals surface area contributed by atoms with E-state index in [4.69, 9.17) is 9.47 Å². The van der Waals surface area contributed by atoms with E-state index >= 15 is 0 Å². The zero-order valence-electron chi connectivity index (χ0n) is 14.5. The Hall–Kier alpha value is -1.34. The van der Waals surface area contributed by atoms with Crippen LogP contribution < -0.4 is 5.32 Å². The maximum absolute atomic E-state index is 11.9. The maximum atomic E-state index is 11.9. The summed E-state index contributed by atoms with van der Waals surface area (Å²) in [5, 5.41) is 12.6. The molecule has 7 nitrogen and oxygen atoms in total. The molecule has 0 aromatic rings. The highest BCUT2D eigenvalue weighted by Gasteiger charge is 2.31. The van der Waals surface area contributed by atoms with Crippen LogP contribution in [0.1, 0.15) is 40.5 Å². The highest BCUT2D eigenvalue weighted by molar-refractivity contribution is 5.82. The minimum atomic E-state index is -1.13. The smallest absolute Gasteiger partial charge is 0.408 e. The number of aliphatic hydroxyl groups excluding tert-OH is 1. The highest BCUT2D eigenvalue weighted by atomic mass is 16.6. The number of amides is 1. The fraction of sp³-hybridized carbons (Fsp3) is 0.867. The average Bonchev–Trinajstić information content (AvgIpc) is 2.33. The quantitative estimate of drug-likeness (QED) is 0.653. The van der Waals surface area contributed by atoms with Gasteiger partial charge in [-0.2, -0.15) is 0 Å². The summed E-state index contributed by atoms with van der Waals surface area (Å²) < 4.78 is 10.0. The number of carbonyl (C=O) groups excluding carboxylic acids is 2. The standard InChI is InChI=1S/C15H30N2O5/c1-7-21-13(19)12(11(18)9-8-10-17(5)6)16-14(20)22-15(2,3)4/h11-12,18H,7-10H2,1-6H3,(H,16,20). The van der Waals surface area contributed by atoms with Crippen LogP contribution in [0, 0.1) is 0 Å². The lowest BCUT2D eigenvalue weighted by molar-refractivity contribution is -0.148. The minimum absolute atomic E-state index is 0.176. The van der Waals surface area contributed by atoms with E-state index < -0.39 is 29.8 Å². The summed E-state index contributed by atoms with van der Waals surface area (Å²) in [7, 11) is 3.85.